The van der Waals surface area contributed by atoms with E-state index in [2.05, 4.69) is 26.4 Å². The number of nitrogens with zero attached hydrogens (tertiary/aromatic N) is 2. The third kappa shape index (κ3) is 10.9. The van der Waals surface area contributed by atoms with Gasteiger partial charge in [0.1, 0.15) is 0 Å². The van der Waals surface area contributed by atoms with Crippen LogP contribution in [0.3, 0.4) is 0 Å². The molecule has 0 atom stereocenters. The molecule has 9 N–H and O–H groups in total. The van der Waals surface area contributed by atoms with Crippen LogP contribution in [-0.2, 0) is 0 Å². The van der Waals surface area contributed by atoms with E-state index in [0.717, 1.165) is 0 Å². The van der Waals surface area contributed by atoms with Gasteiger partial charge in [-0.25, -0.2) is 0 Å². The van der Waals surface area contributed by atoms with Crippen molar-refractivity contribution in [2.45, 2.75) is 12.8 Å². The molecule has 2 aromatic carbocycles. The lowest BCUT2D eigenvalue weighted by atomic mass is 10.2. The van der Waals surface area contributed by atoms with Crippen LogP contribution in [0.4, 0.5) is 11.4 Å². The SMILES string of the molecule is Cl.Cl.N=C(N)CCNC(=O)c1ccc(N=NNc2ccc(C(=O)NCCC(=N)N)cc2)cc1. The van der Waals surface area contributed by atoms with E-state index < -0.39 is 0 Å². The van der Waals surface area contributed by atoms with Gasteiger partial charge in [-0.15, -0.1) is 29.9 Å². The van der Waals surface area contributed by atoms with E-state index in [1.807, 2.05) is 0 Å². The lowest BCUT2D eigenvalue weighted by molar-refractivity contribution is 0.0946. The number of halogens is 2. The van der Waals surface area contributed by atoms with Gasteiger partial charge in [-0.05, 0) is 48.5 Å². The maximum Gasteiger partial charge on any atom is 0.251 e. The Morgan fingerprint density at radius 3 is 1.61 bits per heavy atom. The van der Waals surface area contributed by atoms with E-state index in [1.54, 1.807) is 48.5 Å². The molecule has 178 valence electrons. The highest BCUT2D eigenvalue weighted by molar-refractivity contribution is 5.95. The maximum absolute atomic E-state index is 12.0. The number of anilines is 1. The molecule has 2 aromatic rings. The summed E-state index contributed by atoms with van der Waals surface area (Å²) in [6, 6.07) is 13.2. The van der Waals surface area contributed by atoms with Crippen molar-refractivity contribution in [1.82, 2.24) is 10.6 Å². The van der Waals surface area contributed by atoms with Crippen LogP contribution in [0, 0.1) is 10.8 Å². The number of benzene rings is 2. The number of amidine groups is 2. The van der Waals surface area contributed by atoms with Crippen LogP contribution in [0.5, 0.6) is 0 Å². The predicted molar refractivity (Wildman–Crippen MR) is 133 cm³/mol. The molecule has 0 heterocycles. The second-order valence-corrected chi connectivity index (χ2v) is 6.50. The van der Waals surface area contributed by atoms with Gasteiger partial charge >= 0.3 is 0 Å². The Balaban J connectivity index is 0.00000512. The summed E-state index contributed by atoms with van der Waals surface area (Å²) in [6.07, 6.45) is 0.604. The lowest BCUT2D eigenvalue weighted by Gasteiger charge is -2.05. The standard InChI is InChI=1S/C20H25N9O2.2ClH/c21-17(22)9-11-25-19(30)13-1-5-15(6-2-13)27-29-28-16-7-3-14(4-8-16)20(31)26-12-10-18(23)24;;/h1-8H,9-12H2,(H3,21,22)(H3,23,24)(H,25,30)(H,26,31)(H,27,28);2*1H. The first kappa shape index (κ1) is 29.3. The Hall–Kier alpha value is -3.70. The smallest absolute Gasteiger partial charge is 0.251 e. The van der Waals surface area contributed by atoms with Crippen LogP contribution in [0.1, 0.15) is 33.6 Å². The normalized spacial score (nSPS) is 9.82. The quantitative estimate of drug-likeness (QED) is 0.109. The molecule has 0 fully saturated rings. The first-order chi connectivity index (χ1) is 14.8. The average Bonchev–Trinajstić information content (AvgIpc) is 2.74. The molecule has 11 nitrogen and oxygen atoms in total. The molecule has 0 aliphatic heterocycles. The van der Waals surface area contributed by atoms with E-state index in [0.29, 0.717) is 48.4 Å². The van der Waals surface area contributed by atoms with Gasteiger partial charge in [-0.2, -0.15) is 0 Å². The number of carbonyl (C=O) groups is 2. The molecule has 0 saturated carbocycles. The Kier molecular flexibility index (Phi) is 13.5. The first-order valence-corrected chi connectivity index (χ1v) is 9.44. The summed E-state index contributed by atoms with van der Waals surface area (Å²) >= 11 is 0. The number of nitrogens with one attached hydrogen (secondary N) is 5. The van der Waals surface area contributed by atoms with Crippen LogP contribution in [-0.4, -0.2) is 36.6 Å². The van der Waals surface area contributed by atoms with Crippen LogP contribution in [0.25, 0.3) is 0 Å². The fraction of sp³-hybridized carbons (Fsp3) is 0.200. The zero-order valence-electron chi connectivity index (χ0n) is 17.6. The van der Waals surface area contributed by atoms with Crippen molar-refractivity contribution in [3.63, 3.8) is 0 Å². The van der Waals surface area contributed by atoms with Crippen LogP contribution < -0.4 is 27.5 Å². The fourth-order valence-corrected chi connectivity index (χ4v) is 2.34. The monoisotopic (exact) mass is 495 g/mol. The number of hydrogen-bond donors (Lipinski definition) is 7. The topological polar surface area (TPSA) is 195 Å². The summed E-state index contributed by atoms with van der Waals surface area (Å²) < 4.78 is 0. The largest absolute Gasteiger partial charge is 0.388 e. The molecule has 0 aliphatic rings. The van der Waals surface area contributed by atoms with Crippen LogP contribution in [0.15, 0.2) is 58.9 Å². The summed E-state index contributed by atoms with van der Waals surface area (Å²) in [6.45, 7) is 0.611. The predicted octanol–water partition coefficient (Wildman–Crippen LogP) is 2.75. The molecule has 0 radical (unpaired) electrons. The van der Waals surface area contributed by atoms with E-state index in [-0.39, 0.29) is 48.3 Å². The van der Waals surface area contributed by atoms with Gasteiger partial charge in [0.05, 0.1) is 23.0 Å². The molecule has 13 heteroatoms. The summed E-state index contributed by atoms with van der Waals surface area (Å²) in [4.78, 5) is 23.9. The minimum Gasteiger partial charge on any atom is -0.388 e. The van der Waals surface area contributed by atoms with Gasteiger partial charge in [-0.1, -0.05) is 5.22 Å². The van der Waals surface area contributed by atoms with Gasteiger partial charge < -0.3 is 22.1 Å². The van der Waals surface area contributed by atoms with Crippen molar-refractivity contribution >= 4 is 59.7 Å². The highest BCUT2D eigenvalue weighted by Gasteiger charge is 2.06. The molecule has 2 rings (SSSR count). The minimum atomic E-state index is -0.256. The van der Waals surface area contributed by atoms with E-state index >= 15 is 0 Å². The maximum atomic E-state index is 12.0. The molecule has 0 bridgehead atoms. The second kappa shape index (κ2) is 15.2. The Bertz CT molecular complexity index is 965. The number of carbonyl (C=O) groups excluding carboxylic acids is 2. The molecule has 0 unspecified atom stereocenters. The van der Waals surface area contributed by atoms with Crippen LogP contribution >= 0.6 is 24.8 Å². The molecule has 0 saturated heterocycles. The first-order valence-electron chi connectivity index (χ1n) is 9.44. The second-order valence-electron chi connectivity index (χ2n) is 6.50. The van der Waals surface area contributed by atoms with Crippen LogP contribution in [0.2, 0.25) is 0 Å². The van der Waals surface area contributed by atoms with Crippen molar-refractivity contribution in [1.29, 1.82) is 10.8 Å². The molecule has 0 aliphatic carbocycles. The van der Waals surface area contributed by atoms with Crippen molar-refractivity contribution in [3.8, 4) is 0 Å². The Morgan fingerprint density at radius 2 is 1.18 bits per heavy atom. The van der Waals surface area contributed by atoms with Gasteiger partial charge in [0.2, 0.25) is 0 Å². The summed E-state index contributed by atoms with van der Waals surface area (Å²) in [5.41, 5.74) is 15.4. The molecule has 0 aromatic heterocycles. The molecular formula is C20H27Cl2N9O2. The number of rotatable bonds is 11. The Morgan fingerprint density at radius 1 is 0.758 bits per heavy atom. The number of nitrogens with two attached hydrogens (primary N) is 2. The summed E-state index contributed by atoms with van der Waals surface area (Å²) in [7, 11) is 0. The third-order valence-electron chi connectivity index (χ3n) is 3.98. The number of hydrogen-bond acceptors (Lipinski definition) is 6. The van der Waals surface area contributed by atoms with Crippen molar-refractivity contribution < 1.29 is 9.59 Å². The highest BCUT2D eigenvalue weighted by Crippen LogP contribution is 2.15. The zero-order chi connectivity index (χ0) is 22.6. The fourth-order valence-electron chi connectivity index (χ4n) is 2.34. The summed E-state index contributed by atoms with van der Waals surface area (Å²) in [5.74, 6) is -0.466. The van der Waals surface area contributed by atoms with Gasteiger partial charge in [0.25, 0.3) is 11.8 Å². The lowest BCUT2D eigenvalue weighted by Crippen LogP contribution is -2.27. The van der Waals surface area contributed by atoms with Crippen molar-refractivity contribution in [2.75, 3.05) is 18.5 Å². The van der Waals surface area contributed by atoms with E-state index in [4.69, 9.17) is 22.3 Å². The average molecular weight is 496 g/mol. The minimum absolute atomic E-state index is 0. The molecule has 0 spiro atoms. The number of amides is 2. The zero-order valence-corrected chi connectivity index (χ0v) is 19.3. The van der Waals surface area contributed by atoms with E-state index in [9.17, 15) is 9.59 Å². The van der Waals surface area contributed by atoms with Gasteiger partial charge in [0, 0.05) is 37.1 Å². The van der Waals surface area contributed by atoms with Gasteiger partial charge in [0.15, 0.2) is 0 Å². The summed E-state index contributed by atoms with van der Waals surface area (Å²) in [5, 5.41) is 27.5. The molecule has 33 heavy (non-hydrogen) atoms. The highest BCUT2D eigenvalue weighted by atomic mass is 35.5. The van der Waals surface area contributed by atoms with Crippen molar-refractivity contribution in [2.24, 2.45) is 21.8 Å². The third-order valence-corrected chi connectivity index (χ3v) is 3.98. The van der Waals surface area contributed by atoms with Gasteiger partial charge in [-0.3, -0.25) is 25.8 Å². The van der Waals surface area contributed by atoms with E-state index in [1.165, 1.54) is 0 Å². The Labute approximate surface area is 203 Å². The van der Waals surface area contributed by atoms with Crippen molar-refractivity contribution in [3.05, 3.63) is 59.7 Å². The molecule has 2 amide bonds. The molecular weight excluding hydrogens is 469 g/mol.